The predicted molar refractivity (Wildman–Crippen MR) is 98.1 cm³/mol. The Morgan fingerprint density at radius 3 is 2.62 bits per heavy atom. The lowest BCUT2D eigenvalue weighted by Crippen LogP contribution is -2.34. The number of benzene rings is 1. The van der Waals surface area contributed by atoms with Crippen LogP contribution in [0.5, 0.6) is 11.5 Å². The molecule has 2 aromatic rings. The van der Waals surface area contributed by atoms with Crippen molar-refractivity contribution in [2.45, 2.75) is 32.8 Å². The van der Waals surface area contributed by atoms with E-state index in [9.17, 15) is 9.59 Å². The molecular weight excluding hydrogens is 358 g/mol. The van der Waals surface area contributed by atoms with Gasteiger partial charge in [-0.1, -0.05) is 11.3 Å². The van der Waals surface area contributed by atoms with E-state index in [1.165, 1.54) is 11.3 Å². The fourth-order valence-electron chi connectivity index (χ4n) is 2.29. The molecule has 0 unspecified atom stereocenters. The Morgan fingerprint density at radius 2 is 1.92 bits per heavy atom. The van der Waals surface area contributed by atoms with E-state index in [1.807, 2.05) is 6.07 Å². The van der Waals surface area contributed by atoms with Crippen molar-refractivity contribution in [2.24, 2.45) is 0 Å². The third-order valence-electron chi connectivity index (χ3n) is 3.32. The minimum absolute atomic E-state index is 0.123. The van der Waals surface area contributed by atoms with Crippen LogP contribution in [0.4, 0.5) is 9.93 Å². The maximum Gasteiger partial charge on any atom is 0.407 e. The number of thiazole rings is 1. The second-order valence-corrected chi connectivity index (χ2v) is 7.74. The number of aromatic nitrogens is 1. The van der Waals surface area contributed by atoms with Gasteiger partial charge in [-0.25, -0.2) is 9.78 Å². The Bertz CT molecular complexity index is 785. The summed E-state index contributed by atoms with van der Waals surface area (Å²) in [5.74, 6) is 1.11. The second kappa shape index (κ2) is 7.36. The van der Waals surface area contributed by atoms with Crippen molar-refractivity contribution in [1.82, 2.24) is 10.3 Å². The van der Waals surface area contributed by atoms with Crippen LogP contribution < -0.4 is 20.1 Å². The van der Waals surface area contributed by atoms with Gasteiger partial charge in [0, 0.05) is 25.1 Å². The number of hydrogen-bond acceptors (Lipinski definition) is 7. The summed E-state index contributed by atoms with van der Waals surface area (Å²) in [6.07, 6.45) is -0.423. The number of alkyl carbamates (subject to hydrolysis) is 1. The van der Waals surface area contributed by atoms with Gasteiger partial charge in [-0.3, -0.25) is 4.79 Å². The summed E-state index contributed by atoms with van der Waals surface area (Å²) >= 11 is 1.36. The molecule has 140 valence electrons. The third kappa shape index (κ3) is 4.75. The van der Waals surface area contributed by atoms with Crippen LogP contribution in [0.15, 0.2) is 12.1 Å². The SMILES string of the molecule is CC(C)(C)OC(=O)NCCC(=O)Nc1nc2cc3c(cc2s1)OCCO3. The summed E-state index contributed by atoms with van der Waals surface area (Å²) in [7, 11) is 0. The summed E-state index contributed by atoms with van der Waals surface area (Å²) in [5, 5.41) is 5.78. The zero-order valence-corrected chi connectivity index (χ0v) is 15.7. The lowest BCUT2D eigenvalue weighted by atomic mass is 10.2. The van der Waals surface area contributed by atoms with Gasteiger partial charge in [0.05, 0.1) is 10.2 Å². The fourth-order valence-corrected chi connectivity index (χ4v) is 3.18. The number of rotatable bonds is 4. The van der Waals surface area contributed by atoms with Crippen LogP contribution >= 0.6 is 11.3 Å². The van der Waals surface area contributed by atoms with Gasteiger partial charge in [0.1, 0.15) is 18.8 Å². The Kier molecular flexibility index (Phi) is 5.17. The lowest BCUT2D eigenvalue weighted by molar-refractivity contribution is -0.116. The average Bonchev–Trinajstić information content (AvgIpc) is 2.91. The molecule has 3 rings (SSSR count). The van der Waals surface area contributed by atoms with Gasteiger partial charge in [0.15, 0.2) is 16.6 Å². The molecule has 1 aromatic heterocycles. The number of fused-ring (bicyclic) bond motifs is 2. The number of nitrogens with zero attached hydrogens (tertiary/aromatic N) is 1. The highest BCUT2D eigenvalue weighted by atomic mass is 32.1. The topological polar surface area (TPSA) is 98.8 Å². The van der Waals surface area contributed by atoms with Crippen molar-refractivity contribution in [3.05, 3.63) is 12.1 Å². The molecule has 1 aliphatic heterocycles. The molecule has 0 atom stereocenters. The summed E-state index contributed by atoms with van der Waals surface area (Å²) in [6.45, 7) is 6.55. The zero-order chi connectivity index (χ0) is 18.7. The van der Waals surface area contributed by atoms with Crippen LogP contribution in [0.3, 0.4) is 0 Å². The molecule has 0 bridgehead atoms. The van der Waals surface area contributed by atoms with Crippen LogP contribution in [-0.4, -0.2) is 42.3 Å². The van der Waals surface area contributed by atoms with E-state index in [0.717, 1.165) is 10.2 Å². The number of carbonyl (C=O) groups is 2. The van der Waals surface area contributed by atoms with E-state index < -0.39 is 11.7 Å². The third-order valence-corrected chi connectivity index (χ3v) is 4.25. The first kappa shape index (κ1) is 18.2. The molecular formula is C17H21N3O5S. The van der Waals surface area contributed by atoms with E-state index in [2.05, 4.69) is 15.6 Å². The lowest BCUT2D eigenvalue weighted by Gasteiger charge is -2.19. The number of ether oxygens (including phenoxy) is 3. The minimum atomic E-state index is -0.570. The van der Waals surface area contributed by atoms with Crippen molar-refractivity contribution in [1.29, 1.82) is 0 Å². The quantitative estimate of drug-likeness (QED) is 0.847. The monoisotopic (exact) mass is 379 g/mol. The molecule has 0 aliphatic carbocycles. The van der Waals surface area contributed by atoms with E-state index in [-0.39, 0.29) is 18.9 Å². The number of anilines is 1. The number of amides is 2. The highest BCUT2D eigenvalue weighted by Gasteiger charge is 2.17. The first-order chi connectivity index (χ1) is 12.3. The molecule has 26 heavy (non-hydrogen) atoms. The summed E-state index contributed by atoms with van der Waals surface area (Å²) in [6, 6.07) is 3.67. The molecule has 1 aromatic carbocycles. The van der Waals surface area contributed by atoms with E-state index in [0.29, 0.717) is 29.8 Å². The summed E-state index contributed by atoms with van der Waals surface area (Å²) in [5.41, 5.74) is 0.168. The van der Waals surface area contributed by atoms with Crippen LogP contribution in [0.1, 0.15) is 27.2 Å². The molecule has 2 N–H and O–H groups in total. The Hall–Kier alpha value is -2.55. The van der Waals surface area contributed by atoms with Gasteiger partial charge in [-0.05, 0) is 20.8 Å². The Labute approximate surface area is 154 Å². The van der Waals surface area contributed by atoms with Crippen LogP contribution in [0.25, 0.3) is 10.2 Å². The first-order valence-corrected chi connectivity index (χ1v) is 9.09. The molecule has 9 heteroatoms. The maximum absolute atomic E-state index is 12.0. The largest absolute Gasteiger partial charge is 0.486 e. The molecule has 0 saturated carbocycles. The number of hydrogen-bond donors (Lipinski definition) is 2. The number of nitrogens with one attached hydrogen (secondary N) is 2. The smallest absolute Gasteiger partial charge is 0.407 e. The highest BCUT2D eigenvalue weighted by Crippen LogP contribution is 2.37. The molecule has 0 radical (unpaired) electrons. The summed E-state index contributed by atoms with van der Waals surface area (Å²) < 4.78 is 17.1. The fraction of sp³-hybridized carbons (Fsp3) is 0.471. The van der Waals surface area contributed by atoms with Gasteiger partial charge in [-0.15, -0.1) is 0 Å². The normalized spacial score (nSPS) is 13.3. The molecule has 0 spiro atoms. The van der Waals surface area contributed by atoms with E-state index in [1.54, 1.807) is 26.8 Å². The van der Waals surface area contributed by atoms with Gasteiger partial charge < -0.3 is 24.8 Å². The van der Waals surface area contributed by atoms with Crippen LogP contribution in [0, 0.1) is 0 Å². The number of carbonyl (C=O) groups excluding carboxylic acids is 2. The van der Waals surface area contributed by atoms with Gasteiger partial charge in [0.25, 0.3) is 0 Å². The molecule has 1 aliphatic rings. The first-order valence-electron chi connectivity index (χ1n) is 8.27. The van der Waals surface area contributed by atoms with Crippen LogP contribution in [0.2, 0.25) is 0 Å². The van der Waals surface area contributed by atoms with Crippen molar-refractivity contribution in [3.63, 3.8) is 0 Å². The minimum Gasteiger partial charge on any atom is -0.486 e. The molecule has 8 nitrogen and oxygen atoms in total. The van der Waals surface area contributed by atoms with Crippen molar-refractivity contribution in [3.8, 4) is 11.5 Å². The summed E-state index contributed by atoms with van der Waals surface area (Å²) in [4.78, 5) is 28.0. The van der Waals surface area contributed by atoms with Gasteiger partial charge in [-0.2, -0.15) is 0 Å². The maximum atomic E-state index is 12.0. The van der Waals surface area contributed by atoms with Crippen LogP contribution in [-0.2, 0) is 9.53 Å². The van der Waals surface area contributed by atoms with Gasteiger partial charge in [0.2, 0.25) is 5.91 Å². The standard InChI is InChI=1S/C17H21N3O5S/c1-17(2,3)25-16(22)18-5-4-14(21)20-15-19-10-8-11-12(9-13(10)26-15)24-7-6-23-11/h8-9H,4-7H2,1-3H3,(H,18,22)(H,19,20,21). The molecule has 0 saturated heterocycles. The van der Waals surface area contributed by atoms with E-state index >= 15 is 0 Å². The van der Waals surface area contributed by atoms with Crippen molar-refractivity contribution < 1.29 is 23.8 Å². The average molecular weight is 379 g/mol. The zero-order valence-electron chi connectivity index (χ0n) is 14.9. The molecule has 0 fully saturated rings. The van der Waals surface area contributed by atoms with Gasteiger partial charge >= 0.3 is 6.09 Å². The Balaban J connectivity index is 1.53. The molecule has 2 heterocycles. The molecule has 2 amide bonds. The van der Waals surface area contributed by atoms with Crippen molar-refractivity contribution in [2.75, 3.05) is 25.1 Å². The van der Waals surface area contributed by atoms with Crippen molar-refractivity contribution >= 4 is 38.7 Å². The highest BCUT2D eigenvalue weighted by molar-refractivity contribution is 7.22. The second-order valence-electron chi connectivity index (χ2n) is 6.71. The van der Waals surface area contributed by atoms with E-state index in [4.69, 9.17) is 14.2 Å². The predicted octanol–water partition coefficient (Wildman–Crippen LogP) is 2.92. The Morgan fingerprint density at radius 1 is 1.23 bits per heavy atom.